The summed E-state index contributed by atoms with van der Waals surface area (Å²) in [6.07, 6.45) is 1.76. The molecule has 0 N–H and O–H groups in total. The summed E-state index contributed by atoms with van der Waals surface area (Å²) in [7, 11) is 3.74. The van der Waals surface area contributed by atoms with Crippen LogP contribution in [0.15, 0.2) is 60.8 Å². The molecule has 3 rings (SSSR count). The van der Waals surface area contributed by atoms with Gasteiger partial charge >= 0.3 is 0 Å². The number of rotatable bonds is 4. The first-order valence-corrected chi connectivity index (χ1v) is 6.95. The Kier molecular flexibility index (Phi) is 3.70. The van der Waals surface area contributed by atoms with Crippen LogP contribution < -0.4 is 0 Å². The molecule has 0 atom stereocenters. The molecule has 0 radical (unpaired) electrons. The third kappa shape index (κ3) is 2.61. The molecule has 0 fully saturated rings. The molecule has 0 spiro atoms. The molecular weight excluding hydrogens is 276 g/mol. The summed E-state index contributed by atoms with van der Waals surface area (Å²) < 4.78 is 1.59. The molecule has 3 aromatic rings. The van der Waals surface area contributed by atoms with E-state index in [0.717, 1.165) is 11.0 Å². The number of ketones is 1. The van der Waals surface area contributed by atoms with Crippen molar-refractivity contribution < 1.29 is 4.79 Å². The van der Waals surface area contributed by atoms with Crippen molar-refractivity contribution in [3.05, 3.63) is 66.4 Å². The smallest absolute Gasteiger partial charge is 0.212 e. The average molecular weight is 292 g/mol. The second kappa shape index (κ2) is 5.81. The lowest BCUT2D eigenvalue weighted by Crippen LogP contribution is -2.15. The lowest BCUT2D eigenvalue weighted by molar-refractivity contribution is 0.104. The molecule has 1 heterocycles. The van der Waals surface area contributed by atoms with Crippen molar-refractivity contribution in [3.63, 3.8) is 0 Å². The number of fused-ring (bicyclic) bond motifs is 1. The number of Topliss-reactive ketones (excluding diaryl/α,β-unsaturated/α-hetero) is 1. The van der Waals surface area contributed by atoms with Gasteiger partial charge in [-0.15, -0.1) is 5.10 Å². The average Bonchev–Trinajstić information content (AvgIpc) is 2.96. The fourth-order valence-electron chi connectivity index (χ4n) is 2.24. The number of hydrogen-bond donors (Lipinski definition) is 0. The van der Waals surface area contributed by atoms with Crippen LogP contribution in [0.25, 0.3) is 16.7 Å². The maximum Gasteiger partial charge on any atom is 0.212 e. The van der Waals surface area contributed by atoms with Crippen molar-refractivity contribution in [2.45, 2.75) is 0 Å². The van der Waals surface area contributed by atoms with Crippen LogP contribution in [0.5, 0.6) is 0 Å². The first kappa shape index (κ1) is 14.0. The Morgan fingerprint density at radius 2 is 1.73 bits per heavy atom. The highest BCUT2D eigenvalue weighted by Crippen LogP contribution is 2.19. The summed E-state index contributed by atoms with van der Waals surface area (Å²) in [6.45, 7) is 0. The van der Waals surface area contributed by atoms with Gasteiger partial charge in [0.05, 0.1) is 5.52 Å². The van der Waals surface area contributed by atoms with Gasteiger partial charge in [0.15, 0.2) is 0 Å². The van der Waals surface area contributed by atoms with E-state index < -0.39 is 0 Å². The third-order valence-corrected chi connectivity index (χ3v) is 3.23. The van der Waals surface area contributed by atoms with Crippen molar-refractivity contribution in [1.82, 2.24) is 19.9 Å². The third-order valence-electron chi connectivity index (χ3n) is 3.23. The van der Waals surface area contributed by atoms with Crippen LogP contribution >= 0.6 is 0 Å². The fraction of sp³-hybridized carbons (Fsp3) is 0.118. The van der Waals surface area contributed by atoms with Crippen LogP contribution in [-0.2, 0) is 0 Å². The number of allylic oxidation sites excluding steroid dienone is 1. The maximum absolute atomic E-state index is 12.8. The van der Waals surface area contributed by atoms with E-state index in [9.17, 15) is 4.79 Å². The molecule has 0 aliphatic rings. The van der Waals surface area contributed by atoms with Crippen molar-refractivity contribution in [2.24, 2.45) is 0 Å². The minimum Gasteiger partial charge on any atom is -0.382 e. The molecule has 110 valence electrons. The van der Waals surface area contributed by atoms with Gasteiger partial charge in [-0.1, -0.05) is 47.7 Å². The van der Waals surface area contributed by atoms with Gasteiger partial charge in [-0.05, 0) is 12.1 Å². The molecule has 0 aliphatic carbocycles. The van der Waals surface area contributed by atoms with E-state index >= 15 is 0 Å². The number of carbonyl (C=O) groups is 1. The largest absolute Gasteiger partial charge is 0.382 e. The predicted molar refractivity (Wildman–Crippen MR) is 86.3 cm³/mol. The first-order valence-electron chi connectivity index (χ1n) is 6.95. The molecule has 22 heavy (non-hydrogen) atoms. The van der Waals surface area contributed by atoms with E-state index in [4.69, 9.17) is 0 Å². The van der Waals surface area contributed by atoms with Gasteiger partial charge in [-0.25, -0.2) is 4.68 Å². The van der Waals surface area contributed by atoms with Crippen LogP contribution in [-0.4, -0.2) is 39.8 Å². The van der Waals surface area contributed by atoms with Crippen LogP contribution in [0.4, 0.5) is 0 Å². The summed E-state index contributed by atoms with van der Waals surface area (Å²) in [5.74, 6) is -0.0926. The standard InChI is InChI=1S/C17H16N4O/c1-20(2)12-16(17(22)13-8-4-3-5-9-13)21-15-11-7-6-10-14(15)18-19-21/h3-12H,1-2H3/b16-12+. The quantitative estimate of drug-likeness (QED) is 0.548. The van der Waals surface area contributed by atoms with E-state index in [1.54, 1.807) is 23.0 Å². The molecule has 0 amide bonds. The molecule has 2 aromatic carbocycles. The Hall–Kier alpha value is -2.95. The van der Waals surface area contributed by atoms with E-state index in [1.807, 2.05) is 61.5 Å². The van der Waals surface area contributed by atoms with Crippen LogP contribution in [0.3, 0.4) is 0 Å². The van der Waals surface area contributed by atoms with Crippen molar-refractivity contribution in [1.29, 1.82) is 0 Å². The Morgan fingerprint density at radius 3 is 2.45 bits per heavy atom. The van der Waals surface area contributed by atoms with Gasteiger partial charge in [0.2, 0.25) is 5.78 Å². The lowest BCUT2D eigenvalue weighted by atomic mass is 10.1. The van der Waals surface area contributed by atoms with Crippen LogP contribution in [0, 0.1) is 0 Å². The van der Waals surface area contributed by atoms with Gasteiger partial charge in [0.1, 0.15) is 11.2 Å². The Balaban J connectivity index is 2.14. The summed E-state index contributed by atoms with van der Waals surface area (Å²) in [5.41, 5.74) is 2.65. The fourth-order valence-corrected chi connectivity index (χ4v) is 2.24. The van der Waals surface area contributed by atoms with Crippen molar-refractivity contribution in [2.75, 3.05) is 14.1 Å². The molecule has 1 aromatic heterocycles. The summed E-state index contributed by atoms with van der Waals surface area (Å²) >= 11 is 0. The number of hydrogen-bond acceptors (Lipinski definition) is 4. The molecular formula is C17H16N4O. The number of benzene rings is 2. The normalized spacial score (nSPS) is 11.6. The Morgan fingerprint density at radius 1 is 1.05 bits per heavy atom. The zero-order valence-corrected chi connectivity index (χ0v) is 12.5. The topological polar surface area (TPSA) is 51.0 Å². The highest BCUT2D eigenvalue weighted by molar-refractivity contribution is 6.24. The van der Waals surface area contributed by atoms with Gasteiger partial charge in [0, 0.05) is 25.9 Å². The number of para-hydroxylation sites is 1. The second-order valence-corrected chi connectivity index (χ2v) is 5.16. The number of nitrogens with zero attached hydrogens (tertiary/aromatic N) is 4. The number of aromatic nitrogens is 3. The SMILES string of the molecule is CN(C)/C=C(\C(=O)c1ccccc1)n1nnc2ccccc21. The second-order valence-electron chi connectivity index (χ2n) is 5.16. The summed E-state index contributed by atoms with van der Waals surface area (Å²) in [5, 5.41) is 8.27. The summed E-state index contributed by atoms with van der Waals surface area (Å²) in [4.78, 5) is 14.7. The predicted octanol–water partition coefficient (Wildman–Crippen LogP) is 2.67. The molecule has 0 unspecified atom stereocenters. The molecule has 0 aliphatic heterocycles. The van der Waals surface area contributed by atoms with E-state index in [-0.39, 0.29) is 5.78 Å². The zero-order chi connectivity index (χ0) is 15.5. The lowest BCUT2D eigenvalue weighted by Gasteiger charge is -2.12. The van der Waals surface area contributed by atoms with Gasteiger partial charge in [0.25, 0.3) is 0 Å². The molecule has 0 saturated heterocycles. The van der Waals surface area contributed by atoms with Gasteiger partial charge in [-0.2, -0.15) is 0 Å². The van der Waals surface area contributed by atoms with Crippen LogP contribution in [0.1, 0.15) is 10.4 Å². The van der Waals surface area contributed by atoms with E-state index in [2.05, 4.69) is 10.3 Å². The maximum atomic E-state index is 12.8. The van der Waals surface area contributed by atoms with Crippen molar-refractivity contribution in [3.8, 4) is 0 Å². The monoisotopic (exact) mass is 292 g/mol. The molecule has 0 bridgehead atoms. The molecule has 5 heteroatoms. The Bertz CT molecular complexity index is 834. The molecule has 5 nitrogen and oxygen atoms in total. The highest BCUT2D eigenvalue weighted by Gasteiger charge is 2.18. The highest BCUT2D eigenvalue weighted by atomic mass is 16.1. The van der Waals surface area contributed by atoms with Gasteiger partial charge in [-0.3, -0.25) is 4.79 Å². The zero-order valence-electron chi connectivity index (χ0n) is 12.5. The minimum atomic E-state index is -0.0926. The number of carbonyl (C=O) groups excluding carboxylic acids is 1. The summed E-state index contributed by atoms with van der Waals surface area (Å²) in [6, 6.07) is 16.8. The van der Waals surface area contributed by atoms with Crippen molar-refractivity contribution >= 4 is 22.5 Å². The minimum absolute atomic E-state index is 0.0926. The van der Waals surface area contributed by atoms with Gasteiger partial charge < -0.3 is 4.90 Å². The van der Waals surface area contributed by atoms with E-state index in [1.165, 1.54) is 0 Å². The van der Waals surface area contributed by atoms with E-state index in [0.29, 0.717) is 11.3 Å². The Labute approximate surface area is 128 Å². The first-order chi connectivity index (χ1) is 10.7. The molecule has 0 saturated carbocycles. The van der Waals surface area contributed by atoms with Crippen LogP contribution in [0.2, 0.25) is 0 Å².